The van der Waals surface area contributed by atoms with Crippen molar-refractivity contribution >= 4 is 23.7 Å². The highest BCUT2D eigenvalue weighted by molar-refractivity contribution is 6.09. The number of benzene rings is 1. The summed E-state index contributed by atoms with van der Waals surface area (Å²) in [7, 11) is 0. The molecule has 3 fully saturated rings. The molecule has 3 heterocycles. The average molecular weight is 408 g/mol. The summed E-state index contributed by atoms with van der Waals surface area (Å²) in [5, 5.41) is 0. The van der Waals surface area contributed by atoms with Gasteiger partial charge in [-0.25, -0.2) is 0 Å². The number of amides is 2. The largest absolute Gasteiger partial charge is 0.292 e. The Morgan fingerprint density at radius 2 is 1.67 bits per heavy atom. The van der Waals surface area contributed by atoms with Crippen molar-refractivity contribution in [2.45, 2.75) is 71.0 Å². The van der Waals surface area contributed by atoms with Gasteiger partial charge in [-0.1, -0.05) is 64.3 Å². The molecule has 5 heteroatoms. The fourth-order valence-electron chi connectivity index (χ4n) is 6.24. The van der Waals surface area contributed by atoms with Crippen LogP contribution in [0.15, 0.2) is 30.5 Å². The van der Waals surface area contributed by atoms with Gasteiger partial charge in [-0.3, -0.25) is 24.2 Å². The van der Waals surface area contributed by atoms with Crippen molar-refractivity contribution in [2.75, 3.05) is 0 Å². The van der Waals surface area contributed by atoms with E-state index >= 15 is 0 Å². The number of hydrogen-bond acceptors (Lipinski definition) is 3. The lowest BCUT2D eigenvalue weighted by Crippen LogP contribution is -3.12. The Bertz CT molecular complexity index is 938. The van der Waals surface area contributed by atoms with Crippen molar-refractivity contribution in [1.29, 1.82) is 0 Å². The zero-order valence-corrected chi connectivity index (χ0v) is 18.1. The van der Waals surface area contributed by atoms with Crippen LogP contribution in [0.2, 0.25) is 0 Å². The van der Waals surface area contributed by atoms with Gasteiger partial charge in [-0.2, -0.15) is 0 Å². The van der Waals surface area contributed by atoms with Crippen LogP contribution in [0.3, 0.4) is 0 Å². The molecule has 2 amide bonds. The van der Waals surface area contributed by atoms with E-state index in [0.717, 1.165) is 41.7 Å². The van der Waals surface area contributed by atoms with Crippen molar-refractivity contribution in [2.24, 2.45) is 17.3 Å². The predicted octanol–water partition coefficient (Wildman–Crippen LogP) is 2.53. The summed E-state index contributed by atoms with van der Waals surface area (Å²) < 4.78 is 0. The Balaban J connectivity index is 1.62. The van der Waals surface area contributed by atoms with Crippen molar-refractivity contribution < 1.29 is 19.3 Å². The second kappa shape index (κ2) is 6.88. The molecule has 1 aromatic rings. The van der Waals surface area contributed by atoms with Gasteiger partial charge >= 0.3 is 0 Å². The van der Waals surface area contributed by atoms with E-state index in [1.165, 1.54) is 6.42 Å². The van der Waals surface area contributed by atoms with Crippen LogP contribution in [0.4, 0.5) is 0 Å². The molecule has 0 aromatic heterocycles. The van der Waals surface area contributed by atoms with Crippen molar-refractivity contribution in [1.82, 2.24) is 4.90 Å². The van der Waals surface area contributed by atoms with Gasteiger partial charge in [0, 0.05) is 17.0 Å². The zero-order valence-electron chi connectivity index (χ0n) is 18.1. The number of fused-ring (bicyclic) bond motifs is 5. The van der Waals surface area contributed by atoms with Crippen LogP contribution in [0.1, 0.15) is 70.0 Å². The van der Waals surface area contributed by atoms with Gasteiger partial charge in [0.25, 0.3) is 0 Å². The SMILES string of the molecule is CC(C)(C)C(=O)[C@@H]1[C@@H]2C(=O)N(C3CCCCC3)C(=O)[C@@H]2[C@H]2c3ccccc3C=C[NH+]12. The molecule has 30 heavy (non-hydrogen) atoms. The van der Waals surface area contributed by atoms with Crippen LogP contribution in [0.5, 0.6) is 0 Å². The lowest BCUT2D eigenvalue weighted by atomic mass is 9.79. The monoisotopic (exact) mass is 407 g/mol. The van der Waals surface area contributed by atoms with Gasteiger partial charge in [0.2, 0.25) is 11.8 Å². The number of Topliss-reactive ketones (excluding diaryl/α,β-unsaturated/α-hetero) is 1. The number of nitrogens with one attached hydrogen (secondary N) is 1. The molecule has 5 nitrogen and oxygen atoms in total. The topological polar surface area (TPSA) is 58.9 Å². The van der Waals surface area contributed by atoms with Crippen LogP contribution in [-0.2, 0) is 14.4 Å². The minimum Gasteiger partial charge on any atom is -0.292 e. The van der Waals surface area contributed by atoms with Crippen molar-refractivity contribution in [3.05, 3.63) is 41.6 Å². The fourth-order valence-corrected chi connectivity index (χ4v) is 6.24. The van der Waals surface area contributed by atoms with E-state index in [9.17, 15) is 14.4 Å². The first-order chi connectivity index (χ1) is 14.3. The van der Waals surface area contributed by atoms with Crippen LogP contribution >= 0.6 is 0 Å². The van der Waals surface area contributed by atoms with Gasteiger partial charge < -0.3 is 0 Å². The third-order valence-corrected chi connectivity index (χ3v) is 7.62. The quantitative estimate of drug-likeness (QED) is 0.767. The summed E-state index contributed by atoms with van der Waals surface area (Å²) in [4.78, 5) is 43.6. The van der Waals surface area contributed by atoms with E-state index < -0.39 is 23.3 Å². The Labute approximate surface area is 178 Å². The van der Waals surface area contributed by atoms with Crippen LogP contribution in [0, 0.1) is 17.3 Å². The van der Waals surface area contributed by atoms with Gasteiger partial charge in [0.1, 0.15) is 17.9 Å². The minimum absolute atomic E-state index is 0.00700. The van der Waals surface area contributed by atoms with Gasteiger partial charge in [-0.15, -0.1) is 0 Å². The maximum absolute atomic E-state index is 13.7. The molecule has 1 aliphatic carbocycles. The molecule has 3 aliphatic heterocycles. The van der Waals surface area contributed by atoms with E-state index in [4.69, 9.17) is 0 Å². The predicted molar refractivity (Wildman–Crippen MR) is 113 cm³/mol. The summed E-state index contributed by atoms with van der Waals surface area (Å²) >= 11 is 0. The summed E-state index contributed by atoms with van der Waals surface area (Å²) in [6.07, 6.45) is 9.15. The Hall–Kier alpha value is -2.27. The Kier molecular flexibility index (Phi) is 4.51. The third kappa shape index (κ3) is 2.74. The number of imide groups is 1. The zero-order chi connectivity index (χ0) is 21.2. The molecule has 0 bridgehead atoms. The van der Waals surface area contributed by atoms with Crippen LogP contribution < -0.4 is 4.90 Å². The van der Waals surface area contributed by atoms with Crippen molar-refractivity contribution in [3.63, 3.8) is 0 Å². The van der Waals surface area contributed by atoms with Gasteiger partial charge in [0.05, 0.1) is 6.20 Å². The molecule has 0 spiro atoms. The molecule has 0 radical (unpaired) electrons. The number of carbonyl (C=O) groups is 3. The highest BCUT2D eigenvalue weighted by atomic mass is 16.2. The Morgan fingerprint density at radius 3 is 2.37 bits per heavy atom. The molecular weight excluding hydrogens is 376 g/mol. The lowest BCUT2D eigenvalue weighted by molar-refractivity contribution is -0.885. The standard InChI is InChI=1S/C25H30N2O3/c1-25(2,3)22(28)21-19-18(20-17-12-8-7-9-15(17)13-14-26(20)21)23(29)27(24(19)30)16-10-5-4-6-11-16/h7-9,12-14,16,18-21H,4-6,10-11H2,1-3H3/p+1/t18-,19+,20+,21-/m0/s1. The first kappa shape index (κ1) is 19.7. The van der Waals surface area contributed by atoms with E-state index in [-0.39, 0.29) is 29.7 Å². The molecule has 2 saturated heterocycles. The first-order valence-corrected chi connectivity index (χ1v) is 11.4. The van der Waals surface area contributed by atoms with E-state index in [2.05, 4.69) is 12.1 Å². The molecule has 1 unspecified atom stereocenters. The molecular formula is C25H31N2O3+. The number of ketones is 1. The number of rotatable bonds is 2. The maximum atomic E-state index is 13.7. The van der Waals surface area contributed by atoms with Crippen molar-refractivity contribution in [3.8, 4) is 0 Å². The molecule has 1 saturated carbocycles. The first-order valence-electron chi connectivity index (χ1n) is 11.4. The average Bonchev–Trinajstić information content (AvgIpc) is 3.20. The van der Waals surface area contributed by atoms with Gasteiger partial charge in [0.15, 0.2) is 11.8 Å². The second-order valence-electron chi connectivity index (χ2n) is 10.4. The van der Waals surface area contributed by atoms with Crippen LogP contribution in [0.25, 0.3) is 6.08 Å². The summed E-state index contributed by atoms with van der Waals surface area (Å²) in [5.74, 6) is -1.08. The molecule has 5 atom stereocenters. The lowest BCUT2D eigenvalue weighted by Gasteiger charge is -2.35. The maximum Gasteiger partial charge on any atom is 0.240 e. The summed E-state index contributed by atoms with van der Waals surface area (Å²) in [5.41, 5.74) is 1.61. The van der Waals surface area contributed by atoms with Crippen LogP contribution in [-0.4, -0.2) is 34.6 Å². The smallest absolute Gasteiger partial charge is 0.240 e. The fraction of sp³-hybridized carbons (Fsp3) is 0.560. The molecule has 1 aromatic carbocycles. The molecule has 4 aliphatic rings. The molecule has 1 N–H and O–H groups in total. The summed E-state index contributed by atoms with van der Waals surface area (Å²) in [6.45, 7) is 5.75. The highest BCUT2D eigenvalue weighted by Crippen LogP contribution is 2.46. The van der Waals surface area contributed by atoms with E-state index in [1.54, 1.807) is 4.90 Å². The Morgan fingerprint density at radius 1 is 1.00 bits per heavy atom. The highest BCUT2D eigenvalue weighted by Gasteiger charge is 2.69. The number of quaternary nitrogens is 1. The second-order valence-corrected chi connectivity index (χ2v) is 10.4. The van der Waals surface area contributed by atoms with E-state index in [1.807, 2.05) is 45.2 Å². The molecule has 158 valence electrons. The number of hydrogen-bond donors (Lipinski definition) is 1. The third-order valence-electron chi connectivity index (χ3n) is 7.62. The minimum atomic E-state index is -0.566. The number of likely N-dealkylation sites (tertiary alicyclic amines) is 1. The normalized spacial score (nSPS) is 33.4. The summed E-state index contributed by atoms with van der Waals surface area (Å²) in [6, 6.07) is 7.43. The van der Waals surface area contributed by atoms with E-state index in [0.29, 0.717) is 0 Å². The van der Waals surface area contributed by atoms with Gasteiger partial charge in [-0.05, 0) is 24.5 Å². The number of nitrogens with zero attached hydrogens (tertiary/aromatic N) is 1. The number of carbonyl (C=O) groups excluding carboxylic acids is 3. The molecule has 5 rings (SSSR count).